The summed E-state index contributed by atoms with van der Waals surface area (Å²) < 4.78 is 38.5. The summed E-state index contributed by atoms with van der Waals surface area (Å²) in [6.45, 7) is 3.94. The van der Waals surface area contributed by atoms with E-state index < -0.39 is 12.6 Å². The van der Waals surface area contributed by atoms with Gasteiger partial charge in [0, 0.05) is 37.0 Å². The highest BCUT2D eigenvalue weighted by molar-refractivity contribution is 5.50. The highest BCUT2D eigenvalue weighted by atomic mass is 19.4. The van der Waals surface area contributed by atoms with Gasteiger partial charge >= 0.3 is 6.18 Å². The molecule has 0 amide bonds. The molecule has 6 aliphatic rings. The average molecular weight is 461 g/mol. The van der Waals surface area contributed by atoms with Gasteiger partial charge in [-0.3, -0.25) is 9.80 Å². The summed E-state index contributed by atoms with van der Waals surface area (Å²) in [5, 5.41) is 10.5. The Morgan fingerprint density at radius 3 is 2.73 bits per heavy atom. The second-order valence-electron chi connectivity index (χ2n) is 12.2. The number of aromatic hydroxyl groups is 1. The van der Waals surface area contributed by atoms with E-state index in [0.29, 0.717) is 36.2 Å². The first-order valence-electron chi connectivity index (χ1n) is 13.2. The van der Waals surface area contributed by atoms with Crippen LogP contribution < -0.4 is 0 Å². The van der Waals surface area contributed by atoms with E-state index in [2.05, 4.69) is 21.9 Å². The molecule has 1 aromatic carbocycles. The van der Waals surface area contributed by atoms with Crippen LogP contribution in [0.3, 0.4) is 0 Å². The van der Waals surface area contributed by atoms with Gasteiger partial charge in [0.1, 0.15) is 5.75 Å². The minimum atomic E-state index is -4.06. The van der Waals surface area contributed by atoms with Crippen molar-refractivity contribution in [2.45, 2.75) is 81.5 Å². The highest BCUT2D eigenvalue weighted by Crippen LogP contribution is 2.75. The molecule has 0 radical (unpaired) electrons. The standard InChI is InChI=1S/C27H35F3N2O/c28-27(29,30)7-1-10-31-16-19-14-25-8-6-22(31)24(19)26(25)9-11-32(15-17-2-3-17)23(25)12-18-4-5-20(33)13-21(18)26/h4-5,13,17,19,22-24,33H,1-3,6-12,14-16H2/t19-,22?,23?,24?,25?,26?/m1/s1. The summed E-state index contributed by atoms with van der Waals surface area (Å²) in [6, 6.07) is 7.10. The van der Waals surface area contributed by atoms with Crippen LogP contribution in [0.5, 0.6) is 5.75 Å². The fourth-order valence-corrected chi connectivity index (χ4v) is 9.79. The number of nitrogens with zero attached hydrogens (tertiary/aromatic N) is 2. The van der Waals surface area contributed by atoms with E-state index in [1.54, 1.807) is 0 Å². The monoisotopic (exact) mass is 460 g/mol. The lowest BCUT2D eigenvalue weighted by Gasteiger charge is -2.66. The average Bonchev–Trinajstić information content (AvgIpc) is 3.45. The predicted octanol–water partition coefficient (Wildman–Crippen LogP) is 5.11. The van der Waals surface area contributed by atoms with E-state index in [9.17, 15) is 18.3 Å². The Morgan fingerprint density at radius 2 is 1.94 bits per heavy atom. The number of hydrogen-bond acceptors (Lipinski definition) is 3. The van der Waals surface area contributed by atoms with Gasteiger partial charge in [0.15, 0.2) is 0 Å². The number of piperidine rings is 1. The third kappa shape index (κ3) is 2.89. The van der Waals surface area contributed by atoms with Crippen LogP contribution in [0.2, 0.25) is 0 Å². The number of phenols is 1. The van der Waals surface area contributed by atoms with Crippen molar-refractivity contribution in [2.24, 2.45) is 23.2 Å². The fourth-order valence-electron chi connectivity index (χ4n) is 9.79. The van der Waals surface area contributed by atoms with Crippen LogP contribution >= 0.6 is 0 Å². The summed E-state index contributed by atoms with van der Waals surface area (Å²) >= 11 is 0. The van der Waals surface area contributed by atoms with Gasteiger partial charge in [0.25, 0.3) is 0 Å². The molecule has 1 aromatic rings. The van der Waals surface area contributed by atoms with E-state index in [1.165, 1.54) is 43.4 Å². The number of alkyl halides is 3. The van der Waals surface area contributed by atoms with E-state index in [4.69, 9.17) is 0 Å². The molecule has 33 heavy (non-hydrogen) atoms. The molecule has 2 heterocycles. The summed E-state index contributed by atoms with van der Waals surface area (Å²) in [7, 11) is 0. The van der Waals surface area contributed by atoms with Crippen LogP contribution in [0.4, 0.5) is 13.2 Å². The first kappa shape index (κ1) is 21.0. The number of hydrogen-bond donors (Lipinski definition) is 1. The molecule has 0 spiro atoms. The van der Waals surface area contributed by atoms with E-state index in [-0.39, 0.29) is 17.3 Å². The van der Waals surface area contributed by atoms with Gasteiger partial charge < -0.3 is 5.11 Å². The van der Waals surface area contributed by atoms with Crippen LogP contribution in [0.1, 0.15) is 62.5 Å². The third-order valence-electron chi connectivity index (χ3n) is 10.8. The first-order chi connectivity index (χ1) is 15.8. The van der Waals surface area contributed by atoms with Crippen molar-refractivity contribution >= 4 is 0 Å². The molecule has 3 nitrogen and oxygen atoms in total. The maximum Gasteiger partial charge on any atom is 0.389 e. The summed E-state index contributed by atoms with van der Waals surface area (Å²) in [5.41, 5.74) is 3.20. The summed E-state index contributed by atoms with van der Waals surface area (Å²) in [6.07, 6.45) is 4.06. The molecule has 0 aromatic heterocycles. The number of likely N-dealkylation sites (tertiary alicyclic amines) is 2. The SMILES string of the molecule is Oc1ccc2c(c1)C13CCN(CC4CC4)C(C2)C12CCC1C3[C@@H](CN1CCCC(F)(F)F)C2. The van der Waals surface area contributed by atoms with Crippen LogP contribution in [0.15, 0.2) is 18.2 Å². The zero-order valence-electron chi connectivity index (χ0n) is 19.3. The number of rotatable bonds is 5. The highest BCUT2D eigenvalue weighted by Gasteiger charge is 2.75. The van der Waals surface area contributed by atoms with Crippen molar-refractivity contribution in [2.75, 3.05) is 26.2 Å². The molecular weight excluding hydrogens is 425 g/mol. The number of fused-ring (bicyclic) bond motifs is 1. The minimum Gasteiger partial charge on any atom is -0.508 e. The molecule has 6 heteroatoms. The van der Waals surface area contributed by atoms with Gasteiger partial charge in [-0.2, -0.15) is 13.2 Å². The topological polar surface area (TPSA) is 26.7 Å². The second-order valence-corrected chi connectivity index (χ2v) is 12.2. The Balaban J connectivity index is 1.27. The maximum absolute atomic E-state index is 12.8. The van der Waals surface area contributed by atoms with E-state index in [0.717, 1.165) is 38.3 Å². The molecule has 2 saturated heterocycles. The smallest absolute Gasteiger partial charge is 0.389 e. The Bertz CT molecular complexity index is 961. The Morgan fingerprint density at radius 1 is 1.09 bits per heavy atom. The number of halogens is 3. The van der Waals surface area contributed by atoms with Crippen LogP contribution in [-0.4, -0.2) is 59.3 Å². The largest absolute Gasteiger partial charge is 0.508 e. The zero-order valence-corrected chi connectivity index (χ0v) is 19.3. The van der Waals surface area contributed by atoms with Gasteiger partial charge in [-0.15, -0.1) is 0 Å². The van der Waals surface area contributed by atoms with Crippen LogP contribution in [-0.2, 0) is 11.8 Å². The van der Waals surface area contributed by atoms with Gasteiger partial charge in [0.05, 0.1) is 0 Å². The lowest BCUT2D eigenvalue weighted by atomic mass is 9.43. The van der Waals surface area contributed by atoms with Crippen LogP contribution in [0.25, 0.3) is 0 Å². The fraction of sp³-hybridized carbons (Fsp3) is 0.778. The third-order valence-corrected chi connectivity index (χ3v) is 10.8. The van der Waals surface area contributed by atoms with E-state index >= 15 is 0 Å². The maximum atomic E-state index is 12.8. The zero-order chi connectivity index (χ0) is 22.6. The normalized spacial score (nSPS) is 41.8. The first-order valence-corrected chi connectivity index (χ1v) is 13.2. The Kier molecular flexibility index (Phi) is 4.40. The van der Waals surface area contributed by atoms with Gasteiger partial charge in [0.2, 0.25) is 0 Å². The number of phenolic OH excluding ortho intramolecular Hbond substituents is 1. The molecule has 180 valence electrons. The summed E-state index contributed by atoms with van der Waals surface area (Å²) in [5.74, 6) is 2.37. The lowest BCUT2D eigenvalue weighted by Crippen LogP contribution is -2.69. The minimum absolute atomic E-state index is 0.0937. The predicted molar refractivity (Wildman–Crippen MR) is 120 cm³/mol. The molecular formula is C27H35F3N2O. The van der Waals surface area contributed by atoms with Crippen molar-refractivity contribution in [1.29, 1.82) is 0 Å². The number of benzene rings is 1. The van der Waals surface area contributed by atoms with Crippen molar-refractivity contribution in [1.82, 2.24) is 9.80 Å². The van der Waals surface area contributed by atoms with Gasteiger partial charge in [-0.05, 0) is 111 Å². The van der Waals surface area contributed by atoms with Crippen molar-refractivity contribution in [3.63, 3.8) is 0 Å². The van der Waals surface area contributed by atoms with Crippen molar-refractivity contribution in [3.8, 4) is 5.75 Å². The lowest BCUT2D eigenvalue weighted by molar-refractivity contribution is -0.137. The molecule has 6 atom stereocenters. The van der Waals surface area contributed by atoms with Gasteiger partial charge in [-0.25, -0.2) is 0 Å². The van der Waals surface area contributed by atoms with E-state index in [1.807, 2.05) is 6.07 Å². The molecule has 1 N–H and O–H groups in total. The molecule has 5 unspecified atom stereocenters. The summed E-state index contributed by atoms with van der Waals surface area (Å²) in [4.78, 5) is 5.27. The van der Waals surface area contributed by atoms with Crippen molar-refractivity contribution in [3.05, 3.63) is 29.3 Å². The Labute approximate surface area is 194 Å². The van der Waals surface area contributed by atoms with Gasteiger partial charge in [-0.1, -0.05) is 6.07 Å². The van der Waals surface area contributed by atoms with Crippen LogP contribution in [0, 0.1) is 23.2 Å². The molecule has 5 fully saturated rings. The Hall–Kier alpha value is -1.27. The molecule has 7 rings (SSSR count). The van der Waals surface area contributed by atoms with Crippen molar-refractivity contribution < 1.29 is 18.3 Å². The quantitative estimate of drug-likeness (QED) is 0.661. The molecule has 3 saturated carbocycles. The second kappa shape index (κ2) is 6.90. The molecule has 2 aliphatic heterocycles. The molecule has 4 aliphatic carbocycles. The molecule has 4 bridgehead atoms.